The SMILES string of the molecule is C/C=C/C[C@@H](C)[C@@H](O)C1C(=O)N[C@H](CC)C(=O)N(C)C(SCCN)C(=O)N(C)[C@@H](CC(C)C)C(=O)N[C@H](C(C)C)C(=O)N(C)C(CC(C)C)C(=O)N[C@H](C)C(=O)N[C@@H](C)C(=O)N(C)[C@H](CC(C)C)C(=O)N(C)[C@H](CC(C)C)C(=O)N(C)[C@@H](C(C)C)C(=O)N1C. The predicted octanol–water partition coefficient (Wildman–Crippen LogP) is 3.29. The summed E-state index contributed by atoms with van der Waals surface area (Å²) in [6.45, 7) is 30.0. The lowest BCUT2D eigenvalue weighted by Gasteiger charge is -2.41. The van der Waals surface area contributed by atoms with Gasteiger partial charge in [0.2, 0.25) is 59.1 Å². The molecule has 0 radical (unpaired) electrons. The number of aliphatic hydroxyl groups is 1. The molecule has 0 aliphatic carbocycles. The van der Waals surface area contributed by atoms with Gasteiger partial charge >= 0.3 is 0 Å². The van der Waals surface area contributed by atoms with Crippen LogP contribution in [-0.4, -0.2) is 238 Å². The summed E-state index contributed by atoms with van der Waals surface area (Å²) in [5, 5.41) is 22.0. The lowest BCUT2D eigenvalue weighted by molar-refractivity contribution is -0.157. The number of allylic oxidation sites excluding steroid dienone is 2. The number of nitrogens with one attached hydrogen (secondary N) is 4. The zero-order valence-electron chi connectivity index (χ0n) is 58.3. The molecule has 1 heterocycles. The predicted molar refractivity (Wildman–Crippen MR) is 349 cm³/mol. The lowest BCUT2D eigenvalue weighted by Crippen LogP contribution is -2.64. The maximum atomic E-state index is 15.3. The number of carbonyl (C=O) groups is 11. The average molecular weight is 1280 g/mol. The largest absolute Gasteiger partial charge is 0.390 e. The van der Waals surface area contributed by atoms with Crippen LogP contribution in [0.15, 0.2) is 12.2 Å². The van der Waals surface area contributed by atoms with Crippen LogP contribution in [-0.2, 0) is 52.7 Å². The van der Waals surface area contributed by atoms with Gasteiger partial charge in [0.05, 0.1) is 6.10 Å². The van der Waals surface area contributed by atoms with E-state index in [1.54, 1.807) is 60.6 Å². The Labute approximate surface area is 537 Å². The molecule has 0 aromatic rings. The summed E-state index contributed by atoms with van der Waals surface area (Å²) in [5.74, 6) is -9.79. The van der Waals surface area contributed by atoms with E-state index in [0.29, 0.717) is 6.42 Å². The Morgan fingerprint density at radius 1 is 0.472 bits per heavy atom. The van der Waals surface area contributed by atoms with E-state index in [-0.39, 0.29) is 68.1 Å². The van der Waals surface area contributed by atoms with Crippen molar-refractivity contribution < 1.29 is 57.8 Å². The van der Waals surface area contributed by atoms with E-state index < -0.39 is 155 Å². The highest BCUT2D eigenvalue weighted by molar-refractivity contribution is 8.00. The van der Waals surface area contributed by atoms with Crippen molar-refractivity contribution in [2.45, 2.75) is 228 Å². The van der Waals surface area contributed by atoms with Crippen LogP contribution in [0.25, 0.3) is 0 Å². The summed E-state index contributed by atoms with van der Waals surface area (Å²) in [4.78, 5) is 171. The number of nitrogens with two attached hydrogens (primary N) is 1. The molecule has 1 fully saturated rings. The molecule has 24 nitrogen and oxygen atoms in total. The van der Waals surface area contributed by atoms with Gasteiger partial charge in [-0.3, -0.25) is 52.7 Å². The van der Waals surface area contributed by atoms with Crippen LogP contribution in [0.4, 0.5) is 0 Å². The van der Waals surface area contributed by atoms with E-state index in [2.05, 4.69) is 21.3 Å². The lowest BCUT2D eigenvalue weighted by atomic mass is 9.91. The zero-order valence-corrected chi connectivity index (χ0v) is 59.2. The second-order valence-electron chi connectivity index (χ2n) is 26.8. The Bertz CT molecular complexity index is 2420. The molecule has 510 valence electrons. The smallest absolute Gasteiger partial charge is 0.256 e. The fraction of sp³-hybridized carbons (Fsp3) is 0.797. The molecule has 0 saturated carbocycles. The summed E-state index contributed by atoms with van der Waals surface area (Å²) in [5.41, 5.74) is 5.99. The molecule has 1 aliphatic heterocycles. The number of amides is 11. The topological polar surface area (TPSA) is 305 Å². The molecule has 7 N–H and O–H groups in total. The van der Waals surface area contributed by atoms with E-state index in [0.717, 1.165) is 16.7 Å². The van der Waals surface area contributed by atoms with E-state index in [1.807, 2.05) is 55.4 Å². The van der Waals surface area contributed by atoms with Gasteiger partial charge in [-0.2, -0.15) is 0 Å². The Balaban J connectivity index is 4.48. The molecule has 1 saturated heterocycles. The summed E-state index contributed by atoms with van der Waals surface area (Å²) in [6.07, 6.45) is 2.91. The van der Waals surface area contributed by atoms with Gasteiger partial charge in [-0.25, -0.2) is 0 Å². The van der Waals surface area contributed by atoms with Gasteiger partial charge in [0.1, 0.15) is 60.4 Å². The Morgan fingerprint density at radius 3 is 1.33 bits per heavy atom. The van der Waals surface area contributed by atoms with E-state index in [1.165, 1.54) is 92.6 Å². The number of likely N-dealkylation sites (N-methyl/N-ethyl adjacent to an activating group) is 7. The second kappa shape index (κ2) is 37.5. The highest BCUT2D eigenvalue weighted by Crippen LogP contribution is 2.27. The van der Waals surface area contributed by atoms with Gasteiger partial charge in [-0.1, -0.05) is 109 Å². The quantitative estimate of drug-likeness (QED) is 0.107. The van der Waals surface area contributed by atoms with Gasteiger partial charge in [-0.15, -0.1) is 11.8 Å². The number of hydrogen-bond acceptors (Lipinski definition) is 14. The summed E-state index contributed by atoms with van der Waals surface area (Å²) >= 11 is 1.04. The first-order valence-corrected chi connectivity index (χ1v) is 32.9. The Kier molecular flexibility index (Phi) is 34.2. The van der Waals surface area contributed by atoms with Crippen LogP contribution >= 0.6 is 11.8 Å². The minimum atomic E-state index is -1.64. The monoisotopic (exact) mass is 1280 g/mol. The molecule has 0 aromatic carbocycles. The van der Waals surface area contributed by atoms with E-state index >= 15 is 19.2 Å². The van der Waals surface area contributed by atoms with Crippen molar-refractivity contribution in [2.75, 3.05) is 61.6 Å². The molecule has 11 amide bonds. The van der Waals surface area contributed by atoms with Crippen molar-refractivity contribution in [1.82, 2.24) is 55.6 Å². The van der Waals surface area contributed by atoms with E-state index in [9.17, 15) is 38.7 Å². The van der Waals surface area contributed by atoms with Crippen LogP contribution in [0.3, 0.4) is 0 Å². The first-order valence-electron chi connectivity index (χ1n) is 31.9. The summed E-state index contributed by atoms with van der Waals surface area (Å²) in [7, 11) is 9.94. The van der Waals surface area contributed by atoms with Gasteiger partial charge < -0.3 is 66.4 Å². The summed E-state index contributed by atoms with van der Waals surface area (Å²) < 4.78 is 0. The molecule has 0 spiro atoms. The van der Waals surface area contributed by atoms with Crippen LogP contribution in [0.2, 0.25) is 0 Å². The van der Waals surface area contributed by atoms with Crippen LogP contribution in [0, 0.1) is 41.4 Å². The third-order valence-corrected chi connectivity index (χ3v) is 17.9. The molecule has 0 aromatic heterocycles. The van der Waals surface area contributed by atoms with Crippen LogP contribution < -0.4 is 27.0 Å². The fourth-order valence-corrected chi connectivity index (χ4v) is 12.1. The number of thioether (sulfide) groups is 1. The number of rotatable bonds is 18. The first-order chi connectivity index (χ1) is 41.2. The first kappa shape index (κ1) is 81.2. The Morgan fingerprint density at radius 2 is 0.888 bits per heavy atom. The van der Waals surface area contributed by atoms with Gasteiger partial charge in [0, 0.05) is 61.6 Å². The number of nitrogens with zero attached hydrogens (tertiary/aromatic N) is 7. The second-order valence-corrected chi connectivity index (χ2v) is 28.0. The highest BCUT2D eigenvalue weighted by Gasteiger charge is 2.46. The standard InChI is InChI=1S/C64H116N12O12S/c1-25-27-28-41(15)52(77)51-56(81)68-44(26-2)58(83)76(24)64(89-30-29-65)63(88)71(19)46(32-36(5)6)55(80)69-49(39(11)12)61(86)70(18)45(31-35(3)4)54(79)66-42(16)53(78)67-43(17)57(82)72(20)47(33-37(7)8)59(84)73(21)48(34-38(9)10)60(85)74(22)50(40(13)14)62(87)75(51)23/h25,27,35-52,64,77H,26,28-34,65H2,1-24H3,(H,66,79)(H,67,78)(H,68,81)(H,69,80)/b27-25+/t41-,42-,43+,44-,45?,46+,47-,48-,49-,50+,51?,52-,64?/m1/s1. The highest BCUT2D eigenvalue weighted by atomic mass is 32.2. The Hall–Kier alpha value is -5.82. The number of hydrogen-bond donors (Lipinski definition) is 6. The average Bonchev–Trinajstić information content (AvgIpc) is 2.43. The number of carbonyl (C=O) groups excluding carboxylic acids is 11. The zero-order chi connectivity index (χ0) is 69.0. The van der Waals surface area contributed by atoms with Crippen molar-refractivity contribution in [2.24, 2.45) is 47.2 Å². The molecule has 0 bridgehead atoms. The van der Waals surface area contributed by atoms with Crippen molar-refractivity contribution in [3.8, 4) is 0 Å². The molecule has 1 aliphatic rings. The minimum absolute atomic E-state index is 0.0106. The molecule has 25 heteroatoms. The van der Waals surface area contributed by atoms with Crippen molar-refractivity contribution in [1.29, 1.82) is 0 Å². The summed E-state index contributed by atoms with van der Waals surface area (Å²) in [6, 6.07) is -12.6. The maximum absolute atomic E-state index is 15.3. The molecule has 1 rings (SSSR count). The molecular weight excluding hydrogens is 1160 g/mol. The van der Waals surface area contributed by atoms with Crippen molar-refractivity contribution in [3.05, 3.63) is 12.2 Å². The third kappa shape index (κ3) is 22.8. The number of aliphatic hydroxyl groups excluding tert-OH is 1. The van der Waals surface area contributed by atoms with Crippen molar-refractivity contribution in [3.63, 3.8) is 0 Å². The maximum Gasteiger partial charge on any atom is 0.256 e. The minimum Gasteiger partial charge on any atom is -0.390 e. The van der Waals surface area contributed by atoms with Crippen LogP contribution in [0.1, 0.15) is 156 Å². The van der Waals surface area contributed by atoms with Crippen molar-refractivity contribution >= 4 is 76.7 Å². The van der Waals surface area contributed by atoms with Gasteiger partial charge in [0.15, 0.2) is 5.37 Å². The normalized spacial score (nSPS) is 27.1. The fourth-order valence-electron chi connectivity index (χ4n) is 11.1. The molecule has 3 unspecified atom stereocenters. The third-order valence-electron chi connectivity index (χ3n) is 16.6. The van der Waals surface area contributed by atoms with E-state index in [4.69, 9.17) is 5.73 Å². The van der Waals surface area contributed by atoms with Gasteiger partial charge in [-0.05, 0) is 101 Å². The molecule has 13 atom stereocenters. The van der Waals surface area contributed by atoms with Crippen LogP contribution in [0.5, 0.6) is 0 Å². The van der Waals surface area contributed by atoms with Gasteiger partial charge in [0.25, 0.3) is 5.91 Å². The molecular formula is C64H116N12O12S. The molecule has 89 heavy (non-hydrogen) atoms.